The monoisotopic (exact) mass is 310 g/mol. The predicted molar refractivity (Wildman–Crippen MR) is 85.2 cm³/mol. The molecule has 0 aromatic heterocycles. The fourth-order valence-corrected chi connectivity index (χ4v) is 5.20. The van der Waals surface area contributed by atoms with Gasteiger partial charge in [0, 0.05) is 16.9 Å². The largest absolute Gasteiger partial charge is 0.391 e. The first-order valence-electron chi connectivity index (χ1n) is 7.20. The van der Waals surface area contributed by atoms with Crippen molar-refractivity contribution in [3.05, 3.63) is 71.3 Å². The third-order valence-electron chi connectivity index (χ3n) is 4.63. The molecule has 1 saturated heterocycles. The van der Waals surface area contributed by atoms with Gasteiger partial charge in [0.25, 0.3) is 0 Å². The summed E-state index contributed by atoms with van der Waals surface area (Å²) in [6.07, 6.45) is -0.949. The van der Waals surface area contributed by atoms with E-state index in [1.807, 2.05) is 30.3 Å². The molecule has 4 rings (SSSR count). The van der Waals surface area contributed by atoms with Crippen LogP contribution in [0.3, 0.4) is 0 Å². The zero-order chi connectivity index (χ0) is 15.3. The molecule has 2 aromatic carbocycles. The number of fused-ring (bicyclic) bond motifs is 1. The molecular weight excluding hydrogens is 296 g/mol. The van der Waals surface area contributed by atoms with Crippen molar-refractivity contribution in [3.63, 3.8) is 0 Å². The van der Waals surface area contributed by atoms with Crippen molar-refractivity contribution in [2.75, 3.05) is 5.75 Å². The van der Waals surface area contributed by atoms with E-state index in [9.17, 15) is 14.7 Å². The second kappa shape index (κ2) is 4.80. The van der Waals surface area contributed by atoms with Gasteiger partial charge in [-0.2, -0.15) is 0 Å². The van der Waals surface area contributed by atoms with Crippen LogP contribution >= 0.6 is 11.8 Å². The van der Waals surface area contributed by atoms with E-state index in [1.54, 1.807) is 24.3 Å². The minimum Gasteiger partial charge on any atom is -0.391 e. The van der Waals surface area contributed by atoms with Gasteiger partial charge < -0.3 is 5.11 Å². The zero-order valence-corrected chi connectivity index (χ0v) is 12.5. The summed E-state index contributed by atoms with van der Waals surface area (Å²) < 4.78 is 0. The molecule has 2 aromatic rings. The Bertz CT molecular complexity index is 734. The molecule has 110 valence electrons. The fourth-order valence-electron chi connectivity index (χ4n) is 3.58. The number of carbonyl (C=O) groups excluding carboxylic acids is 2. The van der Waals surface area contributed by atoms with Crippen molar-refractivity contribution in [2.45, 2.75) is 11.4 Å². The van der Waals surface area contributed by atoms with E-state index in [-0.39, 0.29) is 16.8 Å². The second-order valence-electron chi connectivity index (χ2n) is 5.71. The molecule has 0 unspecified atom stereocenters. The van der Waals surface area contributed by atoms with E-state index < -0.39 is 11.5 Å². The molecule has 1 aliphatic heterocycles. The minimum atomic E-state index is -1.37. The summed E-state index contributed by atoms with van der Waals surface area (Å²) in [6, 6.07) is 16.4. The third kappa shape index (κ3) is 1.57. The maximum Gasteiger partial charge on any atom is 0.181 e. The number of thioether (sulfide) groups is 1. The molecular formula is C18H14O3S. The molecule has 1 fully saturated rings. The van der Waals surface area contributed by atoms with E-state index in [0.29, 0.717) is 16.9 Å². The Morgan fingerprint density at radius 2 is 1.45 bits per heavy atom. The van der Waals surface area contributed by atoms with Gasteiger partial charge in [-0.15, -0.1) is 11.8 Å². The van der Waals surface area contributed by atoms with Crippen molar-refractivity contribution in [1.29, 1.82) is 0 Å². The predicted octanol–water partition coefficient (Wildman–Crippen LogP) is 2.90. The van der Waals surface area contributed by atoms with Gasteiger partial charge in [-0.1, -0.05) is 54.6 Å². The number of hydrogen-bond donors (Lipinski definition) is 1. The number of Topliss-reactive ketones (excluding diaryl/α,β-unsaturated/α-hetero) is 2. The van der Waals surface area contributed by atoms with E-state index in [4.69, 9.17) is 0 Å². The van der Waals surface area contributed by atoms with Gasteiger partial charge in [-0.05, 0) is 5.56 Å². The lowest BCUT2D eigenvalue weighted by Gasteiger charge is -2.30. The van der Waals surface area contributed by atoms with Gasteiger partial charge >= 0.3 is 0 Å². The summed E-state index contributed by atoms with van der Waals surface area (Å²) in [7, 11) is 0. The SMILES string of the molecule is O=C1c2ccccc2C(=O)C12[C@@H](O)CS[C@H]2c1ccccc1. The molecule has 3 nitrogen and oxygen atoms in total. The van der Waals surface area contributed by atoms with Crippen molar-refractivity contribution < 1.29 is 14.7 Å². The molecule has 1 aliphatic carbocycles. The summed E-state index contributed by atoms with van der Waals surface area (Å²) >= 11 is 1.49. The molecule has 0 amide bonds. The summed E-state index contributed by atoms with van der Waals surface area (Å²) in [6.45, 7) is 0. The standard InChI is InChI=1S/C18H14O3S/c19-14-10-22-17(11-6-2-1-3-7-11)18(14)15(20)12-8-4-5-9-13(12)16(18)21/h1-9,14,17,19H,10H2/t14-,17-/m0/s1. The van der Waals surface area contributed by atoms with Crippen molar-refractivity contribution in [1.82, 2.24) is 0 Å². The number of hydrogen-bond acceptors (Lipinski definition) is 4. The maximum atomic E-state index is 13.0. The molecule has 4 heteroatoms. The summed E-state index contributed by atoms with van der Waals surface area (Å²) in [5.41, 5.74) is 0.430. The normalized spacial score (nSPS) is 25.7. The highest BCUT2D eigenvalue weighted by molar-refractivity contribution is 8.00. The van der Waals surface area contributed by atoms with Crippen LogP contribution in [0.2, 0.25) is 0 Å². The minimum absolute atomic E-state index is 0.237. The number of carbonyl (C=O) groups is 2. The molecule has 0 bridgehead atoms. The molecule has 1 spiro atoms. The van der Waals surface area contributed by atoms with Crippen LogP contribution in [-0.2, 0) is 0 Å². The fraction of sp³-hybridized carbons (Fsp3) is 0.222. The number of aliphatic hydroxyl groups is 1. The molecule has 1 N–H and O–H groups in total. The Morgan fingerprint density at radius 1 is 0.909 bits per heavy atom. The highest BCUT2D eigenvalue weighted by Gasteiger charge is 2.65. The Morgan fingerprint density at radius 3 is 2.05 bits per heavy atom. The van der Waals surface area contributed by atoms with Crippen molar-refractivity contribution in [3.8, 4) is 0 Å². The average Bonchev–Trinajstić information content (AvgIpc) is 3.02. The summed E-state index contributed by atoms with van der Waals surface area (Å²) in [5, 5.41) is 10.2. The second-order valence-corrected chi connectivity index (χ2v) is 6.85. The van der Waals surface area contributed by atoms with E-state index >= 15 is 0 Å². The quantitative estimate of drug-likeness (QED) is 0.823. The van der Waals surface area contributed by atoms with E-state index in [2.05, 4.69) is 0 Å². The lowest BCUT2D eigenvalue weighted by molar-refractivity contribution is 0.0388. The molecule has 0 radical (unpaired) electrons. The first kappa shape index (κ1) is 13.7. The van der Waals surface area contributed by atoms with Crippen LogP contribution in [-0.4, -0.2) is 28.5 Å². The van der Waals surface area contributed by atoms with Gasteiger partial charge in [-0.25, -0.2) is 0 Å². The van der Waals surface area contributed by atoms with Crippen LogP contribution in [0.1, 0.15) is 31.5 Å². The Kier molecular flexibility index (Phi) is 2.99. The van der Waals surface area contributed by atoms with Crippen LogP contribution in [0.4, 0.5) is 0 Å². The van der Waals surface area contributed by atoms with E-state index in [0.717, 1.165) is 5.56 Å². The Balaban J connectivity index is 1.92. The topological polar surface area (TPSA) is 54.4 Å². The summed E-state index contributed by atoms with van der Waals surface area (Å²) in [4.78, 5) is 26.1. The number of benzene rings is 2. The van der Waals surface area contributed by atoms with Gasteiger partial charge in [0.05, 0.1) is 11.4 Å². The molecule has 1 heterocycles. The lowest BCUT2D eigenvalue weighted by atomic mass is 9.73. The van der Waals surface area contributed by atoms with Crippen molar-refractivity contribution >= 4 is 23.3 Å². The molecule has 2 aliphatic rings. The van der Waals surface area contributed by atoms with Gasteiger partial charge in [0.2, 0.25) is 0 Å². The van der Waals surface area contributed by atoms with Crippen molar-refractivity contribution in [2.24, 2.45) is 5.41 Å². The highest BCUT2D eigenvalue weighted by atomic mass is 32.2. The zero-order valence-electron chi connectivity index (χ0n) is 11.7. The van der Waals surface area contributed by atoms with Gasteiger partial charge in [0.1, 0.15) is 5.41 Å². The van der Waals surface area contributed by atoms with Crippen LogP contribution in [0.15, 0.2) is 54.6 Å². The van der Waals surface area contributed by atoms with Gasteiger partial charge in [0.15, 0.2) is 11.6 Å². The van der Waals surface area contributed by atoms with Gasteiger partial charge in [-0.3, -0.25) is 9.59 Å². The average molecular weight is 310 g/mol. The van der Waals surface area contributed by atoms with Crippen LogP contribution in [0, 0.1) is 5.41 Å². The first-order valence-corrected chi connectivity index (χ1v) is 8.25. The van der Waals surface area contributed by atoms with Crippen LogP contribution in [0.25, 0.3) is 0 Å². The number of ketones is 2. The first-order chi connectivity index (χ1) is 10.7. The molecule has 22 heavy (non-hydrogen) atoms. The maximum absolute atomic E-state index is 13.0. The lowest BCUT2D eigenvalue weighted by Crippen LogP contribution is -2.45. The Labute approximate surface area is 132 Å². The number of rotatable bonds is 1. The van der Waals surface area contributed by atoms with E-state index in [1.165, 1.54) is 11.8 Å². The Hall–Kier alpha value is -1.91. The summed E-state index contributed by atoms with van der Waals surface area (Å²) in [5.74, 6) is -0.0794. The smallest absolute Gasteiger partial charge is 0.181 e. The molecule has 2 atom stereocenters. The third-order valence-corrected chi connectivity index (χ3v) is 6.12. The van der Waals surface area contributed by atoms with Crippen LogP contribution < -0.4 is 0 Å². The number of aliphatic hydroxyl groups excluding tert-OH is 1. The van der Waals surface area contributed by atoms with Crippen LogP contribution in [0.5, 0.6) is 0 Å². The highest BCUT2D eigenvalue weighted by Crippen LogP contribution is 2.59. The molecule has 0 saturated carbocycles.